The number of piperidine rings is 2. The second-order valence-corrected chi connectivity index (χ2v) is 9.92. The molecule has 208 valence electrons. The van der Waals surface area contributed by atoms with Crippen LogP contribution in [0, 0.1) is 5.92 Å². The standard InChI is InChI=1S/C28H30F3N3O5/c1-33(23-9-10-25(36)32-26(23)37)27(38)21-3-2-4-24(22(21)16-35)39-17-19-7-5-18(6-8-19)15-34-13-11-20(12-14-34)28(29,30)31/h2-8,16,20,23H,9-15,17H2,1H3,(H,32,36,37). The summed E-state index contributed by atoms with van der Waals surface area (Å²) in [5, 5.41) is 2.22. The normalized spacial score (nSPS) is 18.9. The van der Waals surface area contributed by atoms with E-state index in [9.17, 15) is 32.3 Å². The van der Waals surface area contributed by atoms with E-state index in [4.69, 9.17) is 4.74 Å². The first-order valence-electron chi connectivity index (χ1n) is 12.8. The number of likely N-dealkylation sites (tertiary alicyclic amines) is 1. The summed E-state index contributed by atoms with van der Waals surface area (Å²) in [6.07, 6.45) is -3.06. The van der Waals surface area contributed by atoms with E-state index in [0.717, 1.165) is 11.1 Å². The van der Waals surface area contributed by atoms with E-state index < -0.39 is 30.0 Å². The SMILES string of the molecule is CN(C(=O)c1cccc(OCc2ccc(CN3CCC(C(F)(F)F)CC3)cc2)c1C=O)C1CCC(=O)NC1=O. The summed E-state index contributed by atoms with van der Waals surface area (Å²) in [6.45, 7) is 1.49. The predicted octanol–water partition coefficient (Wildman–Crippen LogP) is 3.73. The number of benzene rings is 2. The lowest BCUT2D eigenvalue weighted by molar-refractivity contribution is -0.185. The van der Waals surface area contributed by atoms with Crippen molar-refractivity contribution in [1.82, 2.24) is 15.1 Å². The van der Waals surface area contributed by atoms with Crippen molar-refractivity contribution in [2.75, 3.05) is 20.1 Å². The van der Waals surface area contributed by atoms with Gasteiger partial charge in [-0.3, -0.25) is 29.4 Å². The van der Waals surface area contributed by atoms with Crippen LogP contribution in [0.3, 0.4) is 0 Å². The summed E-state index contributed by atoms with van der Waals surface area (Å²) < 4.78 is 44.5. The summed E-state index contributed by atoms with van der Waals surface area (Å²) in [5.74, 6) is -2.50. The lowest BCUT2D eigenvalue weighted by Gasteiger charge is -2.32. The maximum absolute atomic E-state index is 13.1. The largest absolute Gasteiger partial charge is 0.488 e. The molecule has 2 aromatic carbocycles. The molecule has 0 aliphatic carbocycles. The Morgan fingerprint density at radius 3 is 2.36 bits per heavy atom. The van der Waals surface area contributed by atoms with E-state index in [2.05, 4.69) is 5.32 Å². The van der Waals surface area contributed by atoms with Gasteiger partial charge in [0.1, 0.15) is 18.4 Å². The molecule has 3 amide bonds. The molecule has 0 bridgehead atoms. The molecule has 2 heterocycles. The predicted molar refractivity (Wildman–Crippen MR) is 135 cm³/mol. The molecule has 2 aromatic rings. The zero-order valence-electron chi connectivity index (χ0n) is 21.5. The fraction of sp³-hybridized carbons (Fsp3) is 0.429. The molecule has 1 N–H and O–H groups in total. The minimum Gasteiger partial charge on any atom is -0.488 e. The molecule has 0 radical (unpaired) electrons. The second-order valence-electron chi connectivity index (χ2n) is 9.92. The van der Waals surface area contributed by atoms with Crippen molar-refractivity contribution in [2.24, 2.45) is 5.92 Å². The van der Waals surface area contributed by atoms with Crippen LogP contribution in [-0.4, -0.2) is 66.2 Å². The molecule has 1 atom stereocenters. The maximum Gasteiger partial charge on any atom is 0.391 e. The third-order valence-electron chi connectivity index (χ3n) is 7.29. The third kappa shape index (κ3) is 6.83. The van der Waals surface area contributed by atoms with Gasteiger partial charge in [0.25, 0.3) is 5.91 Å². The molecule has 2 fully saturated rings. The van der Waals surface area contributed by atoms with Gasteiger partial charge in [0, 0.05) is 20.0 Å². The monoisotopic (exact) mass is 545 g/mol. The Kier molecular flexibility index (Phi) is 8.69. The van der Waals surface area contributed by atoms with Crippen LogP contribution in [-0.2, 0) is 22.7 Å². The van der Waals surface area contributed by atoms with Gasteiger partial charge < -0.3 is 9.64 Å². The smallest absolute Gasteiger partial charge is 0.391 e. The summed E-state index contributed by atoms with van der Waals surface area (Å²) >= 11 is 0. The number of carbonyl (C=O) groups excluding carboxylic acids is 4. The number of hydrogen-bond donors (Lipinski definition) is 1. The van der Waals surface area contributed by atoms with Crippen molar-refractivity contribution in [1.29, 1.82) is 0 Å². The minimum absolute atomic E-state index is 0.0560. The van der Waals surface area contributed by atoms with Crippen molar-refractivity contribution in [3.05, 3.63) is 64.7 Å². The van der Waals surface area contributed by atoms with Crippen molar-refractivity contribution >= 4 is 24.0 Å². The van der Waals surface area contributed by atoms with Gasteiger partial charge in [0.2, 0.25) is 11.8 Å². The average Bonchev–Trinajstić information content (AvgIpc) is 2.91. The van der Waals surface area contributed by atoms with Crippen LogP contribution in [0.2, 0.25) is 0 Å². The van der Waals surface area contributed by atoms with Crippen molar-refractivity contribution < 1.29 is 37.1 Å². The molecule has 2 aliphatic rings. The third-order valence-corrected chi connectivity index (χ3v) is 7.29. The molecule has 1 unspecified atom stereocenters. The molecule has 11 heteroatoms. The van der Waals surface area contributed by atoms with Gasteiger partial charge in [-0.1, -0.05) is 30.3 Å². The number of likely N-dealkylation sites (N-methyl/N-ethyl adjacent to an activating group) is 1. The van der Waals surface area contributed by atoms with Gasteiger partial charge in [0.15, 0.2) is 6.29 Å². The first kappa shape index (κ1) is 28.3. The molecule has 4 rings (SSSR count). The fourth-order valence-electron chi connectivity index (χ4n) is 4.94. The zero-order chi connectivity index (χ0) is 28.2. The number of halogens is 3. The van der Waals surface area contributed by atoms with E-state index in [0.29, 0.717) is 25.9 Å². The number of ether oxygens (including phenoxy) is 1. The summed E-state index contributed by atoms with van der Waals surface area (Å²) in [6, 6.07) is 11.3. The Bertz CT molecular complexity index is 1220. The van der Waals surface area contributed by atoms with Crippen LogP contribution < -0.4 is 10.1 Å². The number of rotatable bonds is 8. The first-order valence-corrected chi connectivity index (χ1v) is 12.8. The van der Waals surface area contributed by atoms with Gasteiger partial charge in [0.05, 0.1) is 17.0 Å². The van der Waals surface area contributed by atoms with Crippen LogP contribution in [0.4, 0.5) is 13.2 Å². The van der Waals surface area contributed by atoms with Crippen LogP contribution in [0.25, 0.3) is 0 Å². The Morgan fingerprint density at radius 1 is 1.08 bits per heavy atom. The lowest BCUT2D eigenvalue weighted by atomic mass is 9.96. The molecule has 0 aromatic heterocycles. The van der Waals surface area contributed by atoms with E-state index in [1.54, 1.807) is 12.1 Å². The van der Waals surface area contributed by atoms with Crippen LogP contribution >= 0.6 is 0 Å². The molecule has 0 spiro atoms. The van der Waals surface area contributed by atoms with Crippen LogP contribution in [0.15, 0.2) is 42.5 Å². The topological polar surface area (TPSA) is 96.0 Å². The Morgan fingerprint density at radius 2 is 1.74 bits per heavy atom. The molecular weight excluding hydrogens is 515 g/mol. The van der Waals surface area contributed by atoms with Crippen molar-refractivity contribution in [3.8, 4) is 5.75 Å². The molecule has 8 nitrogen and oxygen atoms in total. The number of nitrogens with zero attached hydrogens (tertiary/aromatic N) is 2. The first-order chi connectivity index (χ1) is 18.6. The van der Waals surface area contributed by atoms with Gasteiger partial charge in [-0.2, -0.15) is 13.2 Å². The summed E-state index contributed by atoms with van der Waals surface area (Å²) in [4.78, 5) is 51.9. The number of hydrogen-bond acceptors (Lipinski definition) is 6. The quantitative estimate of drug-likeness (QED) is 0.401. The molecule has 2 saturated heterocycles. The number of imide groups is 1. The molecule has 39 heavy (non-hydrogen) atoms. The van der Waals surface area contributed by atoms with E-state index >= 15 is 0 Å². The number of carbonyl (C=O) groups is 4. The Balaban J connectivity index is 1.36. The number of amides is 3. The Labute approximate surface area is 224 Å². The molecule has 2 aliphatic heterocycles. The van der Waals surface area contributed by atoms with Crippen molar-refractivity contribution in [2.45, 2.75) is 51.1 Å². The highest BCUT2D eigenvalue weighted by atomic mass is 19.4. The lowest BCUT2D eigenvalue weighted by Crippen LogP contribution is -2.53. The molecular formula is C28H30F3N3O5. The van der Waals surface area contributed by atoms with Gasteiger partial charge in [-0.25, -0.2) is 0 Å². The van der Waals surface area contributed by atoms with Crippen molar-refractivity contribution in [3.63, 3.8) is 0 Å². The highest BCUT2D eigenvalue weighted by Crippen LogP contribution is 2.34. The van der Waals surface area contributed by atoms with E-state index in [1.807, 2.05) is 29.2 Å². The minimum atomic E-state index is -4.13. The number of alkyl halides is 3. The van der Waals surface area contributed by atoms with E-state index in [-0.39, 0.29) is 55.1 Å². The average molecular weight is 546 g/mol. The Hall–Kier alpha value is -3.73. The van der Waals surface area contributed by atoms with Crippen LogP contribution in [0.1, 0.15) is 57.5 Å². The zero-order valence-corrected chi connectivity index (χ0v) is 21.5. The number of aldehydes is 1. The second kappa shape index (κ2) is 12.0. The fourth-order valence-corrected chi connectivity index (χ4v) is 4.94. The highest BCUT2D eigenvalue weighted by molar-refractivity contribution is 6.06. The van der Waals surface area contributed by atoms with E-state index in [1.165, 1.54) is 18.0 Å². The van der Waals surface area contributed by atoms with Gasteiger partial charge >= 0.3 is 6.18 Å². The maximum atomic E-state index is 13.1. The number of nitrogens with one attached hydrogen (secondary N) is 1. The highest BCUT2D eigenvalue weighted by Gasteiger charge is 2.41. The molecule has 0 saturated carbocycles. The summed E-state index contributed by atoms with van der Waals surface area (Å²) in [7, 11) is 1.45. The van der Waals surface area contributed by atoms with Gasteiger partial charge in [-0.15, -0.1) is 0 Å². The summed E-state index contributed by atoms with van der Waals surface area (Å²) in [5.41, 5.74) is 1.92. The van der Waals surface area contributed by atoms with Gasteiger partial charge in [-0.05, 0) is 55.6 Å². The van der Waals surface area contributed by atoms with Crippen LogP contribution in [0.5, 0.6) is 5.75 Å².